The summed E-state index contributed by atoms with van der Waals surface area (Å²) in [5, 5.41) is 24.9. The number of nitrogens with zero attached hydrogens (tertiary/aromatic N) is 3. The van der Waals surface area contributed by atoms with Gasteiger partial charge < -0.3 is 10.4 Å². The van der Waals surface area contributed by atoms with Crippen molar-refractivity contribution < 1.29 is 14.8 Å². The van der Waals surface area contributed by atoms with E-state index in [1.165, 1.54) is 11.3 Å². The van der Waals surface area contributed by atoms with Crippen molar-refractivity contribution in [1.29, 1.82) is 0 Å². The van der Waals surface area contributed by atoms with Crippen molar-refractivity contribution in [3.63, 3.8) is 0 Å². The van der Waals surface area contributed by atoms with E-state index in [1.54, 1.807) is 11.6 Å². The van der Waals surface area contributed by atoms with Crippen LogP contribution in [0.15, 0.2) is 23.7 Å². The fraction of sp³-hybridized carbons (Fsp3) is 0.100. The van der Waals surface area contributed by atoms with Gasteiger partial charge >= 0.3 is 11.7 Å². The summed E-state index contributed by atoms with van der Waals surface area (Å²) < 4.78 is 0. The average Bonchev–Trinajstić information content (AvgIpc) is 2.88. The minimum absolute atomic E-state index is 0.0832. The number of aromatic nitrogens is 2. The Kier molecular flexibility index (Phi) is 3.66. The van der Waals surface area contributed by atoms with Gasteiger partial charge in [-0.05, 0) is 6.07 Å². The summed E-state index contributed by atoms with van der Waals surface area (Å²) in [4.78, 5) is 28.7. The lowest BCUT2D eigenvalue weighted by atomic mass is 10.3. The van der Waals surface area contributed by atoms with Gasteiger partial charge in [0.1, 0.15) is 5.01 Å². The van der Waals surface area contributed by atoms with Crippen LogP contribution >= 0.6 is 11.3 Å². The molecule has 0 aliphatic carbocycles. The highest BCUT2D eigenvalue weighted by atomic mass is 32.1. The summed E-state index contributed by atoms with van der Waals surface area (Å²) in [7, 11) is 0. The van der Waals surface area contributed by atoms with Crippen molar-refractivity contribution >= 4 is 28.8 Å². The van der Waals surface area contributed by atoms with Crippen LogP contribution in [0.1, 0.15) is 15.5 Å². The summed E-state index contributed by atoms with van der Waals surface area (Å²) in [5.74, 6) is -1.33. The third-order valence-corrected chi connectivity index (χ3v) is 2.96. The molecule has 0 aliphatic rings. The van der Waals surface area contributed by atoms with Gasteiger partial charge in [-0.15, -0.1) is 11.3 Å². The molecule has 0 saturated heterocycles. The second-order valence-electron chi connectivity index (χ2n) is 3.41. The maximum absolute atomic E-state index is 10.8. The van der Waals surface area contributed by atoms with Crippen LogP contribution in [0.3, 0.4) is 0 Å². The first kappa shape index (κ1) is 12.9. The quantitative estimate of drug-likeness (QED) is 0.632. The Bertz CT molecular complexity index is 614. The molecule has 0 saturated carbocycles. The molecule has 0 bridgehead atoms. The number of carboxylic acids is 1. The maximum Gasteiger partial charge on any atom is 0.354 e. The van der Waals surface area contributed by atoms with Gasteiger partial charge in [-0.25, -0.2) is 14.8 Å². The Labute approximate surface area is 110 Å². The number of thiazole rings is 1. The Morgan fingerprint density at radius 2 is 2.32 bits per heavy atom. The highest BCUT2D eigenvalue weighted by Gasteiger charge is 2.18. The highest BCUT2D eigenvalue weighted by Crippen LogP contribution is 2.23. The van der Waals surface area contributed by atoms with Crippen molar-refractivity contribution in [3.05, 3.63) is 44.5 Å². The molecular weight excluding hydrogens is 272 g/mol. The molecule has 19 heavy (non-hydrogen) atoms. The molecule has 0 spiro atoms. The SMILES string of the molecule is O=C(O)c1ccc([N+](=O)[O-])c(NCc2nccs2)n1. The lowest BCUT2D eigenvalue weighted by Gasteiger charge is -2.05. The lowest BCUT2D eigenvalue weighted by molar-refractivity contribution is -0.384. The van der Waals surface area contributed by atoms with E-state index in [9.17, 15) is 14.9 Å². The Morgan fingerprint density at radius 3 is 2.89 bits per heavy atom. The third-order valence-electron chi connectivity index (χ3n) is 2.18. The predicted molar refractivity (Wildman–Crippen MR) is 67.3 cm³/mol. The fourth-order valence-electron chi connectivity index (χ4n) is 1.35. The van der Waals surface area contributed by atoms with E-state index in [1.807, 2.05) is 0 Å². The summed E-state index contributed by atoms with van der Waals surface area (Å²) in [6.07, 6.45) is 1.61. The molecule has 9 heteroatoms. The number of carboxylic acid groups (broad SMARTS) is 1. The first-order valence-corrected chi connectivity index (χ1v) is 5.97. The number of nitrogens with one attached hydrogen (secondary N) is 1. The number of nitro groups is 1. The van der Waals surface area contributed by atoms with Crippen LogP contribution in [0, 0.1) is 10.1 Å². The summed E-state index contributed by atoms with van der Waals surface area (Å²) in [6, 6.07) is 2.20. The minimum atomic E-state index is -1.24. The zero-order valence-corrected chi connectivity index (χ0v) is 10.3. The van der Waals surface area contributed by atoms with E-state index in [2.05, 4.69) is 15.3 Å². The zero-order valence-electron chi connectivity index (χ0n) is 9.44. The van der Waals surface area contributed by atoms with Crippen LogP contribution in [0.2, 0.25) is 0 Å². The molecule has 0 amide bonds. The maximum atomic E-state index is 10.8. The van der Waals surface area contributed by atoms with E-state index in [0.29, 0.717) is 0 Å². The molecule has 0 fully saturated rings. The van der Waals surface area contributed by atoms with Crippen LogP contribution < -0.4 is 5.32 Å². The van der Waals surface area contributed by atoms with Crippen molar-refractivity contribution in [1.82, 2.24) is 9.97 Å². The normalized spacial score (nSPS) is 10.1. The van der Waals surface area contributed by atoms with Crippen LogP contribution in [0.25, 0.3) is 0 Å². The van der Waals surface area contributed by atoms with E-state index < -0.39 is 10.9 Å². The van der Waals surface area contributed by atoms with Gasteiger partial charge in [0.05, 0.1) is 11.5 Å². The van der Waals surface area contributed by atoms with Crippen LogP contribution in [0.5, 0.6) is 0 Å². The second kappa shape index (κ2) is 5.40. The molecule has 0 atom stereocenters. The summed E-state index contributed by atoms with van der Waals surface area (Å²) in [5.41, 5.74) is -0.534. The van der Waals surface area contributed by atoms with Crippen LogP contribution in [-0.4, -0.2) is 26.0 Å². The standard InChI is InChI=1S/C10H8N4O4S/c15-10(16)6-1-2-7(14(17)18)9(13-6)12-5-8-11-3-4-19-8/h1-4H,5H2,(H,12,13)(H,15,16). The van der Waals surface area contributed by atoms with Gasteiger partial charge in [0, 0.05) is 17.6 Å². The smallest absolute Gasteiger partial charge is 0.354 e. The van der Waals surface area contributed by atoms with Crippen LogP contribution in [-0.2, 0) is 6.54 Å². The molecule has 0 aromatic carbocycles. The Morgan fingerprint density at radius 1 is 1.53 bits per heavy atom. The highest BCUT2D eigenvalue weighted by molar-refractivity contribution is 7.09. The Hall–Kier alpha value is -2.55. The van der Waals surface area contributed by atoms with Gasteiger partial charge in [-0.2, -0.15) is 0 Å². The number of rotatable bonds is 5. The van der Waals surface area contributed by atoms with E-state index in [4.69, 9.17) is 5.11 Å². The zero-order chi connectivity index (χ0) is 13.8. The third kappa shape index (κ3) is 3.01. The number of pyridine rings is 1. The van der Waals surface area contributed by atoms with Crippen LogP contribution in [0.4, 0.5) is 11.5 Å². The largest absolute Gasteiger partial charge is 0.477 e. The molecule has 2 rings (SSSR count). The number of aromatic carboxylic acids is 1. The lowest BCUT2D eigenvalue weighted by Crippen LogP contribution is -2.08. The van der Waals surface area contributed by atoms with Gasteiger partial charge in [0.15, 0.2) is 5.69 Å². The van der Waals surface area contributed by atoms with Gasteiger partial charge in [0.25, 0.3) is 0 Å². The van der Waals surface area contributed by atoms with E-state index in [0.717, 1.165) is 17.1 Å². The molecule has 98 valence electrons. The molecular formula is C10H8N4O4S. The molecule has 0 aliphatic heterocycles. The molecule has 2 aromatic heterocycles. The van der Waals surface area contributed by atoms with Crippen molar-refractivity contribution in [2.24, 2.45) is 0 Å². The second-order valence-corrected chi connectivity index (χ2v) is 4.39. The number of hydrogen-bond acceptors (Lipinski definition) is 7. The molecule has 0 radical (unpaired) electrons. The molecule has 2 N–H and O–H groups in total. The number of carbonyl (C=O) groups is 1. The minimum Gasteiger partial charge on any atom is -0.477 e. The fourth-order valence-corrected chi connectivity index (χ4v) is 1.90. The molecule has 0 unspecified atom stereocenters. The van der Waals surface area contributed by atoms with Gasteiger partial charge in [-0.1, -0.05) is 0 Å². The topological polar surface area (TPSA) is 118 Å². The number of anilines is 1. The molecule has 2 aromatic rings. The van der Waals surface area contributed by atoms with Gasteiger partial charge in [0.2, 0.25) is 5.82 Å². The van der Waals surface area contributed by atoms with Crippen molar-refractivity contribution in [2.45, 2.75) is 6.54 Å². The average molecular weight is 280 g/mol. The predicted octanol–water partition coefficient (Wildman–Crippen LogP) is 1.76. The van der Waals surface area contributed by atoms with Crippen molar-refractivity contribution in [3.8, 4) is 0 Å². The Balaban J connectivity index is 2.27. The van der Waals surface area contributed by atoms with E-state index >= 15 is 0 Å². The molecule has 8 nitrogen and oxygen atoms in total. The van der Waals surface area contributed by atoms with Crippen molar-refractivity contribution in [2.75, 3.05) is 5.32 Å². The molecule has 2 heterocycles. The van der Waals surface area contributed by atoms with Gasteiger partial charge in [-0.3, -0.25) is 10.1 Å². The number of hydrogen-bond donors (Lipinski definition) is 2. The summed E-state index contributed by atoms with van der Waals surface area (Å²) in [6.45, 7) is 0.245. The monoisotopic (exact) mass is 280 g/mol. The first-order valence-electron chi connectivity index (χ1n) is 5.09. The van der Waals surface area contributed by atoms with E-state index in [-0.39, 0.29) is 23.7 Å². The summed E-state index contributed by atoms with van der Waals surface area (Å²) >= 11 is 1.38. The first-order chi connectivity index (χ1) is 9.08.